The normalized spacial score (nSPS) is 22.0. The van der Waals surface area contributed by atoms with Crippen molar-refractivity contribution in [2.24, 2.45) is 0 Å². The summed E-state index contributed by atoms with van der Waals surface area (Å²) in [4.78, 5) is 4.13. The number of imidazole rings is 1. The van der Waals surface area contributed by atoms with Crippen LogP contribution in [0.5, 0.6) is 0 Å². The Balaban J connectivity index is 1.38. The summed E-state index contributed by atoms with van der Waals surface area (Å²) in [6.45, 7) is 3.73. The van der Waals surface area contributed by atoms with Gasteiger partial charge in [0, 0.05) is 43.0 Å². The number of hydrogen-bond donors (Lipinski definition) is 1. The van der Waals surface area contributed by atoms with E-state index in [9.17, 15) is 0 Å². The van der Waals surface area contributed by atoms with Crippen molar-refractivity contribution < 1.29 is 9.47 Å². The molecule has 4 rings (SSSR count). The average molecular weight is 327 g/mol. The molecule has 2 heterocycles. The van der Waals surface area contributed by atoms with E-state index < -0.39 is 0 Å². The van der Waals surface area contributed by atoms with Gasteiger partial charge >= 0.3 is 0 Å². The molecule has 128 valence electrons. The summed E-state index contributed by atoms with van der Waals surface area (Å²) in [6, 6.07) is 9.47. The Bertz CT molecular complexity index is 655. The quantitative estimate of drug-likeness (QED) is 0.937. The molecule has 24 heavy (non-hydrogen) atoms. The van der Waals surface area contributed by atoms with E-state index in [-0.39, 0.29) is 5.79 Å². The molecule has 1 aliphatic carbocycles. The minimum Gasteiger partial charge on any atom is -0.348 e. The van der Waals surface area contributed by atoms with Gasteiger partial charge in [-0.15, -0.1) is 0 Å². The van der Waals surface area contributed by atoms with Crippen molar-refractivity contribution in [1.82, 2.24) is 14.9 Å². The lowest BCUT2D eigenvalue weighted by atomic mass is 9.89. The second kappa shape index (κ2) is 6.67. The molecule has 0 unspecified atom stereocenters. The SMILES string of the molecule is C[C@H](NC1CCC2(CC1)OCCO2)c1cccc(-n2ccnc2)c1. The van der Waals surface area contributed by atoms with Crippen LogP contribution in [0, 0.1) is 0 Å². The highest BCUT2D eigenvalue weighted by atomic mass is 16.7. The van der Waals surface area contributed by atoms with Crippen molar-refractivity contribution in [1.29, 1.82) is 0 Å². The zero-order valence-corrected chi connectivity index (χ0v) is 14.1. The maximum atomic E-state index is 5.82. The summed E-state index contributed by atoms with van der Waals surface area (Å²) in [7, 11) is 0. The maximum absolute atomic E-state index is 5.82. The molecular formula is C19H25N3O2. The predicted octanol–water partition coefficient (Wildman–Crippen LogP) is 3.21. The van der Waals surface area contributed by atoms with Crippen molar-refractivity contribution in [3.63, 3.8) is 0 Å². The fourth-order valence-corrected chi connectivity index (χ4v) is 3.83. The van der Waals surface area contributed by atoms with Gasteiger partial charge in [0.05, 0.1) is 19.5 Å². The van der Waals surface area contributed by atoms with Gasteiger partial charge in [0.25, 0.3) is 0 Å². The van der Waals surface area contributed by atoms with Gasteiger partial charge in [0.15, 0.2) is 5.79 Å². The second-order valence-corrected chi connectivity index (χ2v) is 6.84. The number of rotatable bonds is 4. The molecule has 1 N–H and O–H groups in total. The van der Waals surface area contributed by atoms with Crippen LogP contribution in [0.15, 0.2) is 43.0 Å². The third-order valence-electron chi connectivity index (χ3n) is 5.22. The van der Waals surface area contributed by atoms with Gasteiger partial charge in [-0.25, -0.2) is 4.98 Å². The third kappa shape index (κ3) is 3.24. The molecule has 1 aromatic carbocycles. The molecule has 2 aromatic rings. The summed E-state index contributed by atoms with van der Waals surface area (Å²) in [5.74, 6) is -0.275. The first-order valence-corrected chi connectivity index (χ1v) is 8.86. The minimum absolute atomic E-state index is 0.275. The molecule has 1 atom stereocenters. The van der Waals surface area contributed by atoms with E-state index in [1.165, 1.54) is 5.56 Å². The van der Waals surface area contributed by atoms with E-state index in [0.29, 0.717) is 12.1 Å². The van der Waals surface area contributed by atoms with Crippen LogP contribution in [-0.4, -0.2) is 34.6 Å². The van der Waals surface area contributed by atoms with Gasteiger partial charge in [-0.05, 0) is 37.5 Å². The molecule has 1 saturated heterocycles. The highest BCUT2D eigenvalue weighted by Gasteiger charge is 2.40. The lowest BCUT2D eigenvalue weighted by molar-refractivity contribution is -0.179. The topological polar surface area (TPSA) is 48.3 Å². The largest absolute Gasteiger partial charge is 0.348 e. The first-order valence-electron chi connectivity index (χ1n) is 8.86. The van der Waals surface area contributed by atoms with Gasteiger partial charge in [0.2, 0.25) is 0 Å². The summed E-state index contributed by atoms with van der Waals surface area (Å²) in [5.41, 5.74) is 2.45. The highest BCUT2D eigenvalue weighted by Crippen LogP contribution is 2.36. The van der Waals surface area contributed by atoms with Crippen molar-refractivity contribution in [2.45, 2.75) is 50.5 Å². The van der Waals surface area contributed by atoms with Crippen LogP contribution in [0.4, 0.5) is 0 Å². The van der Waals surface area contributed by atoms with Gasteiger partial charge in [0.1, 0.15) is 0 Å². The van der Waals surface area contributed by atoms with Crippen molar-refractivity contribution in [3.8, 4) is 5.69 Å². The fraction of sp³-hybridized carbons (Fsp3) is 0.526. The van der Waals surface area contributed by atoms with Crippen LogP contribution in [0.2, 0.25) is 0 Å². The molecule has 5 nitrogen and oxygen atoms in total. The van der Waals surface area contributed by atoms with Crippen LogP contribution in [0.3, 0.4) is 0 Å². The predicted molar refractivity (Wildman–Crippen MR) is 92.0 cm³/mol. The molecule has 0 bridgehead atoms. The van der Waals surface area contributed by atoms with Crippen molar-refractivity contribution >= 4 is 0 Å². The number of nitrogens with one attached hydrogen (secondary N) is 1. The molecule has 1 spiro atoms. The van der Waals surface area contributed by atoms with Gasteiger partial charge in [-0.2, -0.15) is 0 Å². The molecule has 2 aliphatic rings. The standard InChI is InChI=1S/C19H25N3O2/c1-15(16-3-2-4-18(13-16)22-10-9-20-14-22)21-17-5-7-19(8-6-17)23-11-12-24-19/h2-4,9-10,13-15,17,21H,5-8,11-12H2,1H3/t15-/m0/s1. The van der Waals surface area contributed by atoms with Crippen LogP contribution in [0.25, 0.3) is 5.69 Å². The van der Waals surface area contributed by atoms with Crippen LogP contribution < -0.4 is 5.32 Å². The molecule has 0 amide bonds. The Morgan fingerprint density at radius 1 is 1.25 bits per heavy atom. The maximum Gasteiger partial charge on any atom is 0.168 e. The monoisotopic (exact) mass is 327 g/mol. The lowest BCUT2D eigenvalue weighted by Gasteiger charge is -2.36. The number of ether oxygens (including phenoxy) is 2. The van der Waals surface area contributed by atoms with Gasteiger partial charge in [-0.1, -0.05) is 12.1 Å². The summed E-state index contributed by atoms with van der Waals surface area (Å²) in [6.07, 6.45) is 9.80. The van der Waals surface area contributed by atoms with E-state index >= 15 is 0 Å². The van der Waals surface area contributed by atoms with E-state index in [4.69, 9.17) is 9.47 Å². The first-order chi connectivity index (χ1) is 11.7. The third-order valence-corrected chi connectivity index (χ3v) is 5.22. The smallest absolute Gasteiger partial charge is 0.168 e. The summed E-state index contributed by atoms with van der Waals surface area (Å²) >= 11 is 0. The molecule has 0 radical (unpaired) electrons. The van der Waals surface area contributed by atoms with E-state index in [1.54, 1.807) is 6.20 Å². The minimum atomic E-state index is -0.275. The van der Waals surface area contributed by atoms with Gasteiger partial charge in [-0.3, -0.25) is 0 Å². The number of nitrogens with zero attached hydrogens (tertiary/aromatic N) is 2. The zero-order valence-electron chi connectivity index (χ0n) is 14.1. The summed E-state index contributed by atoms with van der Waals surface area (Å²) < 4.78 is 13.7. The van der Waals surface area contributed by atoms with E-state index in [0.717, 1.165) is 44.6 Å². The lowest BCUT2D eigenvalue weighted by Crippen LogP contribution is -2.42. The van der Waals surface area contributed by atoms with E-state index in [2.05, 4.69) is 41.5 Å². The molecule has 1 aromatic heterocycles. The Hall–Kier alpha value is -1.69. The number of aromatic nitrogens is 2. The Labute approximate surface area is 143 Å². The molecule has 2 fully saturated rings. The first kappa shape index (κ1) is 15.8. The molecule has 1 aliphatic heterocycles. The molecule has 5 heteroatoms. The molecular weight excluding hydrogens is 302 g/mol. The number of hydrogen-bond acceptors (Lipinski definition) is 4. The Kier molecular flexibility index (Phi) is 4.39. The van der Waals surface area contributed by atoms with Crippen LogP contribution >= 0.6 is 0 Å². The summed E-state index contributed by atoms with van der Waals surface area (Å²) in [5, 5.41) is 3.78. The zero-order chi connectivity index (χ0) is 16.4. The Morgan fingerprint density at radius 3 is 2.75 bits per heavy atom. The van der Waals surface area contributed by atoms with Gasteiger partial charge < -0.3 is 19.4 Å². The van der Waals surface area contributed by atoms with E-state index in [1.807, 2.05) is 17.1 Å². The van der Waals surface area contributed by atoms with Crippen molar-refractivity contribution in [3.05, 3.63) is 48.5 Å². The average Bonchev–Trinajstić information content (AvgIpc) is 3.30. The van der Waals surface area contributed by atoms with Crippen LogP contribution in [0.1, 0.15) is 44.2 Å². The Morgan fingerprint density at radius 2 is 2.04 bits per heavy atom. The van der Waals surface area contributed by atoms with Crippen LogP contribution in [-0.2, 0) is 9.47 Å². The number of benzene rings is 1. The highest BCUT2D eigenvalue weighted by molar-refractivity contribution is 5.37. The van der Waals surface area contributed by atoms with Crippen molar-refractivity contribution in [2.75, 3.05) is 13.2 Å². The molecule has 1 saturated carbocycles. The second-order valence-electron chi connectivity index (χ2n) is 6.84. The fourth-order valence-electron chi connectivity index (χ4n) is 3.83.